The predicted octanol–water partition coefficient (Wildman–Crippen LogP) is 2.17. The second-order valence-corrected chi connectivity index (χ2v) is 3.96. The van der Waals surface area contributed by atoms with Crippen molar-refractivity contribution >= 4 is 23.2 Å². The van der Waals surface area contributed by atoms with Crippen LogP contribution in [-0.4, -0.2) is 18.3 Å². The van der Waals surface area contributed by atoms with E-state index in [1.807, 2.05) is 31.2 Å². The molecule has 0 saturated heterocycles. The second kappa shape index (κ2) is 7.36. The van der Waals surface area contributed by atoms with Crippen LogP contribution in [0.1, 0.15) is 5.56 Å². The molecule has 1 rings (SSSR count). The molecule has 0 bridgehead atoms. The highest BCUT2D eigenvalue weighted by molar-refractivity contribution is 6.18. The first-order valence-electron chi connectivity index (χ1n) is 5.45. The molecule has 2 N–H and O–H groups in total. The topological polar surface area (TPSA) is 64.9 Å². The van der Waals surface area contributed by atoms with Crippen molar-refractivity contribution in [3.8, 4) is 6.07 Å². The summed E-state index contributed by atoms with van der Waals surface area (Å²) in [5, 5.41) is 14.4. The Balaban J connectivity index is 2.72. The fraction of sp³-hybridized carbons (Fsp3) is 0.231. The summed E-state index contributed by atoms with van der Waals surface area (Å²) in [6.45, 7) is 2.39. The second-order valence-electron chi connectivity index (χ2n) is 3.58. The summed E-state index contributed by atoms with van der Waals surface area (Å²) < 4.78 is 0. The van der Waals surface area contributed by atoms with E-state index in [0.29, 0.717) is 18.1 Å². The minimum atomic E-state index is -0.436. The van der Waals surface area contributed by atoms with Gasteiger partial charge in [0.1, 0.15) is 11.6 Å². The van der Waals surface area contributed by atoms with Gasteiger partial charge in [0.05, 0.1) is 0 Å². The number of amides is 1. The van der Waals surface area contributed by atoms with Gasteiger partial charge in [0.2, 0.25) is 0 Å². The minimum Gasteiger partial charge on any atom is -0.388 e. The van der Waals surface area contributed by atoms with E-state index in [4.69, 9.17) is 16.9 Å². The van der Waals surface area contributed by atoms with Crippen LogP contribution in [-0.2, 0) is 4.79 Å². The lowest BCUT2D eigenvalue weighted by molar-refractivity contribution is -0.112. The van der Waals surface area contributed by atoms with Crippen LogP contribution < -0.4 is 10.6 Å². The molecule has 4 nitrogen and oxygen atoms in total. The van der Waals surface area contributed by atoms with Gasteiger partial charge in [0.25, 0.3) is 5.91 Å². The molecule has 1 amide bonds. The highest BCUT2D eigenvalue weighted by Gasteiger charge is 2.09. The third kappa shape index (κ3) is 4.11. The number of hydrogen-bond acceptors (Lipinski definition) is 3. The summed E-state index contributed by atoms with van der Waals surface area (Å²) in [5.41, 5.74) is 1.65. The molecule has 0 saturated carbocycles. The number of benzene rings is 1. The Hall–Kier alpha value is -1.99. The Morgan fingerprint density at radius 1 is 1.50 bits per heavy atom. The number of carbonyl (C=O) groups is 1. The van der Waals surface area contributed by atoms with Crippen molar-refractivity contribution < 1.29 is 4.79 Å². The predicted molar refractivity (Wildman–Crippen MR) is 72.2 cm³/mol. The molecule has 0 radical (unpaired) electrons. The van der Waals surface area contributed by atoms with Crippen molar-refractivity contribution in [3.63, 3.8) is 0 Å². The molecular formula is C13H14ClN3O. The Morgan fingerprint density at radius 2 is 2.22 bits per heavy atom. The summed E-state index contributed by atoms with van der Waals surface area (Å²) in [6.07, 6.45) is 1.37. The van der Waals surface area contributed by atoms with E-state index in [1.54, 1.807) is 6.07 Å². The first-order valence-corrected chi connectivity index (χ1v) is 5.99. The molecule has 0 spiro atoms. The van der Waals surface area contributed by atoms with Gasteiger partial charge in [0, 0.05) is 24.3 Å². The minimum absolute atomic E-state index is 0.0170. The third-order valence-electron chi connectivity index (χ3n) is 2.24. The Labute approximate surface area is 111 Å². The lowest BCUT2D eigenvalue weighted by Gasteiger charge is -2.07. The molecule has 0 fully saturated rings. The highest BCUT2D eigenvalue weighted by Crippen LogP contribution is 2.13. The third-order valence-corrected chi connectivity index (χ3v) is 2.43. The molecule has 18 heavy (non-hydrogen) atoms. The summed E-state index contributed by atoms with van der Waals surface area (Å²) in [6, 6.07) is 9.22. The summed E-state index contributed by atoms with van der Waals surface area (Å²) in [7, 11) is 0. The summed E-state index contributed by atoms with van der Waals surface area (Å²) in [4.78, 5) is 11.8. The number of anilines is 1. The van der Waals surface area contributed by atoms with Crippen LogP contribution in [0.25, 0.3) is 0 Å². The van der Waals surface area contributed by atoms with E-state index in [2.05, 4.69) is 10.6 Å². The molecule has 0 unspecified atom stereocenters. The molecule has 0 aromatic heterocycles. The molecular weight excluding hydrogens is 250 g/mol. The fourth-order valence-electron chi connectivity index (χ4n) is 1.28. The van der Waals surface area contributed by atoms with Crippen molar-refractivity contribution in [2.45, 2.75) is 6.92 Å². The number of nitrogens with zero attached hydrogens (tertiary/aromatic N) is 1. The van der Waals surface area contributed by atoms with Crippen LogP contribution in [0.2, 0.25) is 0 Å². The largest absolute Gasteiger partial charge is 0.388 e. The normalized spacial score (nSPS) is 10.6. The smallest absolute Gasteiger partial charge is 0.267 e. The maximum absolute atomic E-state index is 11.8. The number of nitrogens with one attached hydrogen (secondary N) is 2. The van der Waals surface area contributed by atoms with Gasteiger partial charge in [-0.1, -0.05) is 18.2 Å². The van der Waals surface area contributed by atoms with Crippen LogP contribution in [0.5, 0.6) is 0 Å². The number of carbonyl (C=O) groups excluding carboxylic acids is 1. The molecule has 5 heteroatoms. The van der Waals surface area contributed by atoms with Crippen LogP contribution >= 0.6 is 11.6 Å². The first-order chi connectivity index (χ1) is 8.69. The lowest BCUT2D eigenvalue weighted by atomic mass is 10.2. The SMILES string of the molecule is Cc1ccccc1NC(=O)/C(C#N)=C\NCCCl. The number of rotatable bonds is 5. The van der Waals surface area contributed by atoms with E-state index in [1.165, 1.54) is 6.20 Å². The quantitative estimate of drug-likeness (QED) is 0.370. The van der Waals surface area contributed by atoms with Crippen molar-refractivity contribution in [2.75, 3.05) is 17.7 Å². The van der Waals surface area contributed by atoms with Gasteiger partial charge in [-0.25, -0.2) is 0 Å². The van der Waals surface area contributed by atoms with E-state index in [0.717, 1.165) is 5.56 Å². The monoisotopic (exact) mass is 263 g/mol. The van der Waals surface area contributed by atoms with Gasteiger partial charge in [-0.2, -0.15) is 5.26 Å². The average molecular weight is 264 g/mol. The van der Waals surface area contributed by atoms with Gasteiger partial charge < -0.3 is 10.6 Å². The van der Waals surface area contributed by atoms with E-state index in [-0.39, 0.29) is 5.57 Å². The molecule has 0 aliphatic heterocycles. The van der Waals surface area contributed by atoms with Crippen LogP contribution in [0.15, 0.2) is 36.0 Å². The van der Waals surface area contributed by atoms with Crippen molar-refractivity contribution in [1.29, 1.82) is 5.26 Å². The maximum atomic E-state index is 11.8. The number of para-hydroxylation sites is 1. The Kier molecular flexibility index (Phi) is 5.75. The highest BCUT2D eigenvalue weighted by atomic mass is 35.5. The lowest BCUT2D eigenvalue weighted by Crippen LogP contribution is -2.18. The standard InChI is InChI=1S/C13H14ClN3O/c1-10-4-2-3-5-12(10)17-13(18)11(8-15)9-16-7-6-14/h2-5,9,16H,6-7H2,1H3,(H,17,18)/b11-9-. The number of nitriles is 1. The van der Waals surface area contributed by atoms with E-state index in [9.17, 15) is 4.79 Å². The maximum Gasteiger partial charge on any atom is 0.267 e. The molecule has 94 valence electrons. The van der Waals surface area contributed by atoms with Crippen LogP contribution in [0.4, 0.5) is 5.69 Å². The van der Waals surface area contributed by atoms with Gasteiger partial charge in [-0.3, -0.25) is 4.79 Å². The molecule has 0 atom stereocenters. The summed E-state index contributed by atoms with van der Waals surface area (Å²) in [5.74, 6) is -0.0249. The zero-order valence-electron chi connectivity index (χ0n) is 10.0. The van der Waals surface area contributed by atoms with Crippen molar-refractivity contribution in [3.05, 3.63) is 41.6 Å². The molecule has 1 aromatic rings. The van der Waals surface area contributed by atoms with Gasteiger partial charge >= 0.3 is 0 Å². The summed E-state index contributed by atoms with van der Waals surface area (Å²) >= 11 is 5.48. The van der Waals surface area contributed by atoms with Crippen LogP contribution in [0.3, 0.4) is 0 Å². The Morgan fingerprint density at radius 3 is 2.83 bits per heavy atom. The van der Waals surface area contributed by atoms with Crippen molar-refractivity contribution in [2.24, 2.45) is 0 Å². The molecule has 1 aromatic carbocycles. The van der Waals surface area contributed by atoms with E-state index < -0.39 is 5.91 Å². The zero-order chi connectivity index (χ0) is 13.4. The molecule has 0 heterocycles. The number of alkyl halides is 1. The molecule has 0 aliphatic carbocycles. The zero-order valence-corrected chi connectivity index (χ0v) is 10.8. The number of hydrogen-bond donors (Lipinski definition) is 2. The first kappa shape index (κ1) is 14.1. The van der Waals surface area contributed by atoms with E-state index >= 15 is 0 Å². The van der Waals surface area contributed by atoms with Gasteiger partial charge in [-0.05, 0) is 18.6 Å². The van der Waals surface area contributed by atoms with Gasteiger partial charge in [-0.15, -0.1) is 11.6 Å². The fourth-order valence-corrected chi connectivity index (χ4v) is 1.39. The van der Waals surface area contributed by atoms with Gasteiger partial charge in [0.15, 0.2) is 0 Å². The Bertz CT molecular complexity index is 491. The average Bonchev–Trinajstić information content (AvgIpc) is 2.37. The number of aryl methyl sites for hydroxylation is 1. The number of halogens is 1. The van der Waals surface area contributed by atoms with Crippen molar-refractivity contribution in [1.82, 2.24) is 5.32 Å². The van der Waals surface area contributed by atoms with Crippen LogP contribution in [0, 0.1) is 18.3 Å². The molecule has 0 aliphatic rings.